The Bertz CT molecular complexity index is 1120. The molecule has 0 bridgehead atoms. The van der Waals surface area contributed by atoms with E-state index in [4.69, 9.17) is 0 Å². The van der Waals surface area contributed by atoms with Crippen molar-refractivity contribution in [1.82, 2.24) is 24.6 Å². The highest BCUT2D eigenvalue weighted by atomic mass is 16.2. The molecule has 1 aliphatic rings. The number of anilines is 1. The highest BCUT2D eigenvalue weighted by Crippen LogP contribution is 2.30. The zero-order chi connectivity index (χ0) is 18.2. The zero-order valence-corrected chi connectivity index (χ0v) is 14.4. The third-order valence-electron chi connectivity index (χ3n) is 4.56. The summed E-state index contributed by atoms with van der Waals surface area (Å²) in [5.74, 6) is 0.439. The lowest BCUT2D eigenvalue weighted by Gasteiger charge is -2.05. The highest BCUT2D eigenvalue weighted by Gasteiger charge is 2.30. The van der Waals surface area contributed by atoms with E-state index in [0.29, 0.717) is 11.6 Å². The second kappa shape index (κ2) is 6.28. The van der Waals surface area contributed by atoms with Gasteiger partial charge >= 0.3 is 0 Å². The molecule has 7 heteroatoms. The molecule has 7 nitrogen and oxygen atoms in total. The fourth-order valence-electron chi connectivity index (χ4n) is 2.96. The molecule has 0 aliphatic heterocycles. The van der Waals surface area contributed by atoms with Gasteiger partial charge in [0, 0.05) is 35.6 Å². The first-order chi connectivity index (χ1) is 13.3. The average Bonchev–Trinajstić information content (AvgIpc) is 3.49. The molecule has 4 aromatic heterocycles. The van der Waals surface area contributed by atoms with Crippen molar-refractivity contribution in [3.05, 3.63) is 61.1 Å². The molecular formula is C20H16N6O. The van der Waals surface area contributed by atoms with E-state index in [9.17, 15) is 4.79 Å². The van der Waals surface area contributed by atoms with E-state index in [0.717, 1.165) is 35.4 Å². The second-order valence-corrected chi connectivity index (χ2v) is 6.55. The normalized spacial score (nSPS) is 13.6. The number of fused-ring (bicyclic) bond motifs is 1. The summed E-state index contributed by atoms with van der Waals surface area (Å²) in [6, 6.07) is 13.5. The van der Waals surface area contributed by atoms with Gasteiger partial charge in [-0.2, -0.15) is 4.98 Å². The van der Waals surface area contributed by atoms with Crippen LogP contribution in [-0.2, 0) is 4.79 Å². The van der Waals surface area contributed by atoms with Crippen molar-refractivity contribution in [1.29, 1.82) is 0 Å². The maximum absolute atomic E-state index is 12.0. The zero-order valence-electron chi connectivity index (χ0n) is 14.4. The molecule has 1 N–H and O–H groups in total. The van der Waals surface area contributed by atoms with Crippen LogP contribution in [0.25, 0.3) is 28.2 Å². The molecule has 5 rings (SSSR count). The van der Waals surface area contributed by atoms with Gasteiger partial charge in [-0.1, -0.05) is 6.07 Å². The molecule has 1 amide bonds. The number of hydrogen-bond acceptors (Lipinski definition) is 5. The number of rotatable bonds is 4. The number of nitrogens with zero attached hydrogens (tertiary/aromatic N) is 5. The van der Waals surface area contributed by atoms with Gasteiger partial charge in [0.1, 0.15) is 0 Å². The first-order valence-corrected chi connectivity index (χ1v) is 8.81. The van der Waals surface area contributed by atoms with E-state index in [-0.39, 0.29) is 11.8 Å². The fraction of sp³-hybridized carbons (Fsp3) is 0.150. The van der Waals surface area contributed by atoms with Gasteiger partial charge in [-0.25, -0.2) is 4.52 Å². The van der Waals surface area contributed by atoms with Gasteiger partial charge in [-0.15, -0.1) is 5.10 Å². The molecule has 1 fully saturated rings. The van der Waals surface area contributed by atoms with Crippen LogP contribution in [0.2, 0.25) is 0 Å². The van der Waals surface area contributed by atoms with Gasteiger partial charge in [-0.3, -0.25) is 20.1 Å². The van der Waals surface area contributed by atoms with E-state index < -0.39 is 0 Å². The molecule has 0 saturated heterocycles. The van der Waals surface area contributed by atoms with E-state index in [1.807, 2.05) is 42.5 Å². The minimum atomic E-state index is -0.00468. The predicted octanol–water partition coefficient (Wildman–Crippen LogP) is 3.20. The number of pyridine rings is 3. The molecule has 0 unspecified atom stereocenters. The molecule has 1 saturated carbocycles. The number of aromatic nitrogens is 5. The molecule has 0 spiro atoms. The summed E-state index contributed by atoms with van der Waals surface area (Å²) in [4.78, 5) is 25.0. The van der Waals surface area contributed by atoms with Crippen LogP contribution in [-0.4, -0.2) is 30.5 Å². The number of carbonyl (C=O) groups is 1. The predicted molar refractivity (Wildman–Crippen MR) is 101 cm³/mol. The van der Waals surface area contributed by atoms with E-state index >= 15 is 0 Å². The van der Waals surface area contributed by atoms with Crippen molar-refractivity contribution in [3.63, 3.8) is 0 Å². The van der Waals surface area contributed by atoms with Gasteiger partial charge < -0.3 is 0 Å². The number of amides is 1. The maximum atomic E-state index is 12.0. The summed E-state index contributed by atoms with van der Waals surface area (Å²) >= 11 is 0. The van der Waals surface area contributed by atoms with Gasteiger partial charge in [0.15, 0.2) is 5.65 Å². The Morgan fingerprint density at radius 2 is 1.96 bits per heavy atom. The molecule has 4 heterocycles. The number of hydrogen-bond donors (Lipinski definition) is 1. The van der Waals surface area contributed by atoms with Crippen molar-refractivity contribution in [2.45, 2.75) is 12.8 Å². The van der Waals surface area contributed by atoms with Crippen LogP contribution >= 0.6 is 0 Å². The Balaban J connectivity index is 1.48. The van der Waals surface area contributed by atoms with Crippen molar-refractivity contribution in [2.75, 3.05) is 5.32 Å². The summed E-state index contributed by atoms with van der Waals surface area (Å²) in [5.41, 5.74) is 4.27. The van der Waals surface area contributed by atoms with Crippen LogP contribution in [0.4, 0.5) is 5.95 Å². The molecule has 1 aliphatic carbocycles. The molecule has 4 aromatic rings. The lowest BCUT2D eigenvalue weighted by Crippen LogP contribution is -2.14. The monoisotopic (exact) mass is 356 g/mol. The van der Waals surface area contributed by atoms with Gasteiger partial charge in [0.2, 0.25) is 11.9 Å². The third-order valence-corrected chi connectivity index (χ3v) is 4.56. The van der Waals surface area contributed by atoms with Crippen molar-refractivity contribution in [2.24, 2.45) is 5.92 Å². The SMILES string of the molecule is O=C(Nc1nc2cccc(-c3ccc(-c4cccnc4)nc3)n2n1)C1CC1. The van der Waals surface area contributed by atoms with E-state index in [1.165, 1.54) is 0 Å². The third kappa shape index (κ3) is 3.03. The quantitative estimate of drug-likeness (QED) is 0.607. The molecule has 132 valence electrons. The summed E-state index contributed by atoms with van der Waals surface area (Å²) in [7, 11) is 0. The Kier molecular flexibility index (Phi) is 3.64. The van der Waals surface area contributed by atoms with E-state index in [1.54, 1.807) is 23.1 Å². The number of nitrogens with one attached hydrogen (secondary N) is 1. The smallest absolute Gasteiger partial charge is 0.249 e. The fourth-order valence-corrected chi connectivity index (χ4v) is 2.96. The summed E-state index contributed by atoms with van der Waals surface area (Å²) in [5, 5.41) is 7.25. The Morgan fingerprint density at radius 3 is 2.70 bits per heavy atom. The lowest BCUT2D eigenvalue weighted by molar-refractivity contribution is -0.117. The summed E-state index contributed by atoms with van der Waals surface area (Å²) < 4.78 is 1.73. The largest absolute Gasteiger partial charge is 0.293 e. The van der Waals surface area contributed by atoms with Crippen molar-refractivity contribution in [3.8, 4) is 22.5 Å². The molecular weight excluding hydrogens is 340 g/mol. The molecule has 0 aromatic carbocycles. The molecule has 0 radical (unpaired) electrons. The molecule has 0 atom stereocenters. The van der Waals surface area contributed by atoms with Crippen molar-refractivity contribution >= 4 is 17.5 Å². The maximum Gasteiger partial charge on any atom is 0.249 e. The van der Waals surface area contributed by atoms with Crippen LogP contribution in [0.3, 0.4) is 0 Å². The Labute approximate surface area is 155 Å². The Hall–Kier alpha value is -3.61. The lowest BCUT2D eigenvalue weighted by atomic mass is 10.1. The van der Waals surface area contributed by atoms with Crippen molar-refractivity contribution < 1.29 is 4.79 Å². The van der Waals surface area contributed by atoms with Crippen LogP contribution in [0.1, 0.15) is 12.8 Å². The minimum absolute atomic E-state index is 0.00468. The minimum Gasteiger partial charge on any atom is -0.293 e. The highest BCUT2D eigenvalue weighted by molar-refractivity contribution is 5.92. The number of carbonyl (C=O) groups excluding carboxylic acids is 1. The van der Waals surface area contributed by atoms with Crippen LogP contribution < -0.4 is 5.32 Å². The van der Waals surface area contributed by atoms with E-state index in [2.05, 4.69) is 25.4 Å². The Morgan fingerprint density at radius 1 is 1.04 bits per heavy atom. The standard InChI is InChI=1S/C20H16N6O/c27-19(13-6-7-13)24-20-23-18-5-1-4-17(26(18)25-20)15-8-9-16(22-12-15)14-3-2-10-21-11-14/h1-5,8-13H,6-7H2,(H,24,25,27). The van der Waals surface area contributed by atoms with Gasteiger partial charge in [-0.05, 0) is 49.2 Å². The molecule has 27 heavy (non-hydrogen) atoms. The van der Waals surface area contributed by atoms with Gasteiger partial charge in [0.25, 0.3) is 0 Å². The first-order valence-electron chi connectivity index (χ1n) is 8.81. The van der Waals surface area contributed by atoms with Crippen LogP contribution in [0.5, 0.6) is 0 Å². The average molecular weight is 356 g/mol. The first kappa shape index (κ1) is 15.6. The topological polar surface area (TPSA) is 85.1 Å². The summed E-state index contributed by atoms with van der Waals surface area (Å²) in [6.07, 6.45) is 7.22. The summed E-state index contributed by atoms with van der Waals surface area (Å²) in [6.45, 7) is 0. The van der Waals surface area contributed by atoms with Crippen LogP contribution in [0.15, 0.2) is 61.1 Å². The second-order valence-electron chi connectivity index (χ2n) is 6.55. The van der Waals surface area contributed by atoms with Crippen LogP contribution in [0, 0.1) is 5.92 Å². The van der Waals surface area contributed by atoms with Gasteiger partial charge in [0.05, 0.1) is 11.4 Å².